The van der Waals surface area contributed by atoms with E-state index < -0.39 is 11.9 Å². The van der Waals surface area contributed by atoms with Crippen molar-refractivity contribution in [2.24, 2.45) is 5.92 Å². The first kappa shape index (κ1) is 16.5. The van der Waals surface area contributed by atoms with Gasteiger partial charge in [-0.25, -0.2) is 9.97 Å². The Bertz CT molecular complexity index is 728. The molecule has 1 aliphatic rings. The number of anilines is 2. The Hall–Kier alpha value is -2.37. The molecule has 1 atom stereocenters. The van der Waals surface area contributed by atoms with Gasteiger partial charge in [-0.2, -0.15) is 0 Å². The predicted octanol–water partition coefficient (Wildman–Crippen LogP) is 2.78. The molecule has 0 saturated carbocycles. The number of rotatable bonds is 5. The molecule has 1 fully saturated rings. The Morgan fingerprint density at radius 2 is 1.83 bits per heavy atom. The number of carboxylic acids is 1. The Morgan fingerprint density at radius 3 is 2.46 bits per heavy atom. The van der Waals surface area contributed by atoms with Gasteiger partial charge in [-0.05, 0) is 31.4 Å². The molecule has 1 aliphatic heterocycles. The molecule has 0 radical (unpaired) electrons. The number of nitrogens with zero attached hydrogens (tertiary/aromatic N) is 4. The molecule has 0 aliphatic carbocycles. The molecular formula is C18H24N4O2. The van der Waals surface area contributed by atoms with Gasteiger partial charge in [-0.1, -0.05) is 19.1 Å². The van der Waals surface area contributed by atoms with Crippen LogP contribution in [-0.4, -0.2) is 47.7 Å². The van der Waals surface area contributed by atoms with Crippen molar-refractivity contribution >= 4 is 28.6 Å². The number of carboxylic acid groups (broad SMARTS) is 1. The highest BCUT2D eigenvalue weighted by molar-refractivity contribution is 5.81. The molecule has 1 N–H and O–H groups in total. The van der Waals surface area contributed by atoms with Gasteiger partial charge in [-0.3, -0.25) is 4.79 Å². The first-order valence-electron chi connectivity index (χ1n) is 8.52. The molecule has 0 spiro atoms. The molecule has 6 heteroatoms. The first-order chi connectivity index (χ1) is 11.6. The lowest BCUT2D eigenvalue weighted by Crippen LogP contribution is -2.34. The third kappa shape index (κ3) is 3.42. The van der Waals surface area contributed by atoms with Gasteiger partial charge >= 0.3 is 5.97 Å². The third-order valence-corrected chi connectivity index (χ3v) is 4.52. The lowest BCUT2D eigenvalue weighted by atomic mass is 10.1. The third-order valence-electron chi connectivity index (χ3n) is 4.52. The summed E-state index contributed by atoms with van der Waals surface area (Å²) in [5.41, 5.74) is 1.71. The van der Waals surface area contributed by atoms with Crippen molar-refractivity contribution in [1.82, 2.24) is 9.97 Å². The van der Waals surface area contributed by atoms with Crippen molar-refractivity contribution < 1.29 is 9.90 Å². The minimum absolute atomic E-state index is 0.406. The lowest BCUT2D eigenvalue weighted by Gasteiger charge is -2.32. The summed E-state index contributed by atoms with van der Waals surface area (Å²) in [6, 6.07) is 7.83. The summed E-state index contributed by atoms with van der Waals surface area (Å²) in [4.78, 5) is 25.0. The number of aromatic nitrogens is 2. The fraction of sp³-hybridized carbons (Fsp3) is 0.500. The lowest BCUT2D eigenvalue weighted by molar-refractivity contribution is -0.140. The molecule has 6 nitrogen and oxygen atoms in total. The maximum absolute atomic E-state index is 11.2. The largest absolute Gasteiger partial charge is 0.481 e. The van der Waals surface area contributed by atoms with Crippen LogP contribution in [-0.2, 0) is 4.79 Å². The Kier molecular flexibility index (Phi) is 4.83. The van der Waals surface area contributed by atoms with Crippen molar-refractivity contribution in [3.8, 4) is 0 Å². The van der Waals surface area contributed by atoms with Gasteiger partial charge in [0.15, 0.2) is 11.6 Å². The van der Waals surface area contributed by atoms with Crippen LogP contribution >= 0.6 is 0 Å². The smallest absolute Gasteiger partial charge is 0.308 e. The number of carbonyl (C=O) groups is 1. The first-order valence-corrected chi connectivity index (χ1v) is 8.52. The maximum Gasteiger partial charge on any atom is 0.308 e. The Balaban J connectivity index is 2.00. The van der Waals surface area contributed by atoms with Gasteiger partial charge in [0.25, 0.3) is 0 Å². The number of hydrogen-bond donors (Lipinski definition) is 1. The van der Waals surface area contributed by atoms with Crippen LogP contribution in [0.5, 0.6) is 0 Å². The Labute approximate surface area is 142 Å². The second-order valence-electron chi connectivity index (χ2n) is 6.53. The van der Waals surface area contributed by atoms with Gasteiger partial charge in [0.05, 0.1) is 17.0 Å². The van der Waals surface area contributed by atoms with Crippen LogP contribution in [0.1, 0.15) is 26.2 Å². The number of para-hydroxylation sites is 2. The van der Waals surface area contributed by atoms with E-state index in [0.717, 1.165) is 48.6 Å². The SMILES string of the molecule is CC(CN(C)c1nc2ccccc2nc1N1CCCCC1)C(=O)O. The van der Waals surface area contributed by atoms with Gasteiger partial charge in [-0.15, -0.1) is 0 Å². The zero-order valence-corrected chi connectivity index (χ0v) is 14.3. The van der Waals surface area contributed by atoms with E-state index in [2.05, 4.69) is 4.90 Å². The standard InChI is InChI=1S/C18H24N4O2/c1-13(18(23)24)12-21(2)16-17(22-10-6-3-7-11-22)20-15-9-5-4-8-14(15)19-16/h4-5,8-9,13H,3,6-7,10-12H2,1-2H3,(H,23,24). The topological polar surface area (TPSA) is 69.6 Å². The summed E-state index contributed by atoms with van der Waals surface area (Å²) in [6.07, 6.45) is 3.56. The van der Waals surface area contributed by atoms with Crippen molar-refractivity contribution in [2.75, 3.05) is 36.5 Å². The molecule has 2 aromatic rings. The summed E-state index contributed by atoms with van der Waals surface area (Å²) in [5, 5.41) is 9.19. The molecule has 128 valence electrons. The highest BCUT2D eigenvalue weighted by atomic mass is 16.4. The fourth-order valence-electron chi connectivity index (χ4n) is 3.13. The second-order valence-corrected chi connectivity index (χ2v) is 6.53. The number of aliphatic carboxylic acids is 1. The van der Waals surface area contributed by atoms with E-state index in [1.807, 2.05) is 36.2 Å². The normalized spacial score (nSPS) is 16.2. The van der Waals surface area contributed by atoms with Crippen molar-refractivity contribution in [3.05, 3.63) is 24.3 Å². The van der Waals surface area contributed by atoms with E-state index in [4.69, 9.17) is 9.97 Å². The number of fused-ring (bicyclic) bond motifs is 1. The van der Waals surface area contributed by atoms with Crippen LogP contribution in [0.15, 0.2) is 24.3 Å². The van der Waals surface area contributed by atoms with Gasteiger partial charge in [0.2, 0.25) is 0 Å². The van der Waals surface area contributed by atoms with Crippen molar-refractivity contribution in [3.63, 3.8) is 0 Å². The highest BCUT2D eigenvalue weighted by Gasteiger charge is 2.22. The summed E-state index contributed by atoms with van der Waals surface area (Å²) in [7, 11) is 1.89. The van der Waals surface area contributed by atoms with E-state index in [-0.39, 0.29) is 0 Å². The van der Waals surface area contributed by atoms with E-state index in [9.17, 15) is 9.90 Å². The molecule has 0 bridgehead atoms. The molecule has 0 amide bonds. The molecule has 3 rings (SSSR count). The van der Waals surface area contributed by atoms with E-state index >= 15 is 0 Å². The van der Waals surface area contributed by atoms with Crippen LogP contribution < -0.4 is 9.80 Å². The van der Waals surface area contributed by atoms with Gasteiger partial charge in [0, 0.05) is 26.7 Å². The second kappa shape index (κ2) is 7.03. The molecule has 1 unspecified atom stereocenters. The minimum Gasteiger partial charge on any atom is -0.481 e. The zero-order chi connectivity index (χ0) is 17.1. The van der Waals surface area contributed by atoms with Crippen molar-refractivity contribution in [1.29, 1.82) is 0 Å². The average molecular weight is 328 g/mol. The minimum atomic E-state index is -0.796. The summed E-state index contributed by atoms with van der Waals surface area (Å²) < 4.78 is 0. The van der Waals surface area contributed by atoms with E-state index in [0.29, 0.717) is 6.54 Å². The quantitative estimate of drug-likeness (QED) is 0.910. The molecule has 1 saturated heterocycles. The molecule has 1 aromatic carbocycles. The number of hydrogen-bond acceptors (Lipinski definition) is 5. The molecule has 1 aromatic heterocycles. The summed E-state index contributed by atoms with van der Waals surface area (Å²) in [5.74, 6) is 0.379. The highest BCUT2D eigenvalue weighted by Crippen LogP contribution is 2.30. The van der Waals surface area contributed by atoms with Gasteiger partial charge < -0.3 is 14.9 Å². The summed E-state index contributed by atoms with van der Waals surface area (Å²) >= 11 is 0. The summed E-state index contributed by atoms with van der Waals surface area (Å²) in [6.45, 7) is 4.07. The monoisotopic (exact) mass is 328 g/mol. The number of piperidine rings is 1. The van der Waals surface area contributed by atoms with Crippen LogP contribution in [0.3, 0.4) is 0 Å². The average Bonchev–Trinajstić information content (AvgIpc) is 2.61. The van der Waals surface area contributed by atoms with E-state index in [1.165, 1.54) is 6.42 Å². The van der Waals surface area contributed by atoms with Crippen molar-refractivity contribution in [2.45, 2.75) is 26.2 Å². The van der Waals surface area contributed by atoms with E-state index in [1.54, 1.807) is 6.92 Å². The van der Waals surface area contributed by atoms with Crippen LogP contribution in [0.4, 0.5) is 11.6 Å². The number of benzene rings is 1. The van der Waals surface area contributed by atoms with Crippen LogP contribution in [0.25, 0.3) is 11.0 Å². The fourth-order valence-corrected chi connectivity index (χ4v) is 3.13. The molecule has 2 heterocycles. The van der Waals surface area contributed by atoms with Crippen LogP contribution in [0.2, 0.25) is 0 Å². The molecule has 24 heavy (non-hydrogen) atoms. The Morgan fingerprint density at radius 1 is 1.21 bits per heavy atom. The maximum atomic E-state index is 11.2. The zero-order valence-electron chi connectivity index (χ0n) is 14.3. The van der Waals surface area contributed by atoms with Gasteiger partial charge in [0.1, 0.15) is 0 Å². The predicted molar refractivity (Wildman–Crippen MR) is 95.7 cm³/mol. The molecular weight excluding hydrogens is 304 g/mol. The van der Waals surface area contributed by atoms with Crippen LogP contribution in [0, 0.1) is 5.92 Å².